The Labute approximate surface area is 170 Å². The Kier molecular flexibility index (Phi) is 5.97. The summed E-state index contributed by atoms with van der Waals surface area (Å²) in [5, 5.41) is -0.0625. The highest BCUT2D eigenvalue weighted by Gasteiger charge is 2.32. The molecule has 0 bridgehead atoms. The third-order valence-corrected chi connectivity index (χ3v) is 7.93. The first-order chi connectivity index (χ1) is 12.8. The predicted molar refractivity (Wildman–Crippen MR) is 107 cm³/mol. The molecule has 0 unspecified atom stereocenters. The zero-order chi connectivity index (χ0) is 19.6. The Bertz CT molecular complexity index is 966. The van der Waals surface area contributed by atoms with E-state index in [1.807, 2.05) is 24.3 Å². The number of carbonyl (C=O) groups is 2. The van der Waals surface area contributed by atoms with Crippen molar-refractivity contribution in [2.45, 2.75) is 25.0 Å². The number of hydrogen-bond donors (Lipinski definition) is 1. The number of rotatable bonds is 4. The van der Waals surface area contributed by atoms with Gasteiger partial charge in [0, 0.05) is 30.0 Å². The van der Waals surface area contributed by atoms with Gasteiger partial charge in [-0.3, -0.25) is 9.59 Å². The number of thiazole rings is 1. The second kappa shape index (κ2) is 8.07. The molecule has 0 aliphatic carbocycles. The summed E-state index contributed by atoms with van der Waals surface area (Å²) >= 11 is 4.57. The molecule has 3 rings (SSSR count). The number of sulfonamides is 1. The van der Waals surface area contributed by atoms with Crippen molar-refractivity contribution in [3.8, 4) is 10.6 Å². The van der Waals surface area contributed by atoms with Crippen molar-refractivity contribution >= 4 is 49.1 Å². The van der Waals surface area contributed by atoms with Crippen LogP contribution in [-0.4, -0.2) is 48.5 Å². The number of nitrogens with one attached hydrogen (secondary N) is 1. The molecule has 10 heteroatoms. The van der Waals surface area contributed by atoms with Gasteiger partial charge in [-0.25, -0.2) is 18.1 Å². The van der Waals surface area contributed by atoms with Gasteiger partial charge in [-0.2, -0.15) is 0 Å². The summed E-state index contributed by atoms with van der Waals surface area (Å²) < 4.78 is 28.0. The third-order valence-electron chi connectivity index (χ3n) is 4.39. The second-order valence-electron chi connectivity index (χ2n) is 6.19. The molecule has 2 aromatic rings. The van der Waals surface area contributed by atoms with Gasteiger partial charge in [0.2, 0.25) is 15.9 Å². The Balaban J connectivity index is 1.69. The van der Waals surface area contributed by atoms with Gasteiger partial charge in [0.15, 0.2) is 0 Å². The number of benzene rings is 1. The fourth-order valence-corrected chi connectivity index (χ4v) is 5.77. The molecule has 1 N–H and O–H groups in total. The molecule has 2 heterocycles. The number of amides is 2. The molecule has 1 aromatic carbocycles. The fraction of sp³-hybridized carbons (Fsp3) is 0.353. The normalized spacial score (nSPS) is 15.6. The van der Waals surface area contributed by atoms with E-state index in [1.54, 1.807) is 4.90 Å². The minimum atomic E-state index is -3.81. The van der Waals surface area contributed by atoms with E-state index >= 15 is 0 Å². The zero-order valence-corrected chi connectivity index (χ0v) is 17.7. The summed E-state index contributed by atoms with van der Waals surface area (Å²) in [6.45, 7) is 2.22. The molecule has 1 aromatic heterocycles. The summed E-state index contributed by atoms with van der Waals surface area (Å²) in [5.41, 5.74) is 0.834. The van der Waals surface area contributed by atoms with Gasteiger partial charge in [0.1, 0.15) is 9.88 Å². The summed E-state index contributed by atoms with van der Waals surface area (Å²) in [7, 11) is -3.81. The molecular formula is C17H18BrN3O4S2. The maximum atomic E-state index is 12.5. The standard InChI is InChI=1S/C17H18BrN3O4S2/c1-11(22)21-8-6-12(7-9-21)27(24,25)20-16(23)15-10-19-17(26-15)13-4-2-3-5-14(13)18/h2-5,10,12H,6-9H2,1H3,(H,20,23). The predicted octanol–water partition coefficient (Wildman–Crippen LogP) is 2.64. The van der Waals surface area contributed by atoms with Crippen LogP contribution in [0.4, 0.5) is 0 Å². The van der Waals surface area contributed by atoms with Crippen molar-refractivity contribution < 1.29 is 18.0 Å². The van der Waals surface area contributed by atoms with Gasteiger partial charge in [-0.1, -0.05) is 34.1 Å². The second-order valence-corrected chi connectivity index (χ2v) is 10.0. The van der Waals surface area contributed by atoms with Gasteiger partial charge in [-0.05, 0) is 18.9 Å². The number of carbonyl (C=O) groups excluding carboxylic acids is 2. The van der Waals surface area contributed by atoms with Crippen molar-refractivity contribution in [1.29, 1.82) is 0 Å². The molecular weight excluding hydrogens is 454 g/mol. The van der Waals surface area contributed by atoms with Gasteiger partial charge < -0.3 is 4.90 Å². The largest absolute Gasteiger partial charge is 0.343 e. The van der Waals surface area contributed by atoms with E-state index in [0.717, 1.165) is 21.4 Å². The van der Waals surface area contributed by atoms with Crippen LogP contribution in [0.15, 0.2) is 34.9 Å². The van der Waals surface area contributed by atoms with Gasteiger partial charge in [0.25, 0.3) is 5.91 Å². The van der Waals surface area contributed by atoms with Crippen molar-refractivity contribution in [1.82, 2.24) is 14.6 Å². The van der Waals surface area contributed by atoms with Crippen LogP contribution in [0.3, 0.4) is 0 Å². The minimum Gasteiger partial charge on any atom is -0.343 e. The van der Waals surface area contributed by atoms with Gasteiger partial charge in [0.05, 0.1) is 11.4 Å². The van der Waals surface area contributed by atoms with E-state index < -0.39 is 21.2 Å². The van der Waals surface area contributed by atoms with E-state index in [4.69, 9.17) is 0 Å². The molecule has 27 heavy (non-hydrogen) atoms. The molecule has 1 aliphatic heterocycles. The highest BCUT2D eigenvalue weighted by Crippen LogP contribution is 2.31. The number of hydrogen-bond acceptors (Lipinski definition) is 6. The van der Waals surface area contributed by atoms with Crippen LogP contribution in [0.1, 0.15) is 29.4 Å². The first-order valence-corrected chi connectivity index (χ1v) is 11.5. The number of piperidine rings is 1. The number of aromatic nitrogens is 1. The molecule has 7 nitrogen and oxygen atoms in total. The van der Waals surface area contributed by atoms with E-state index in [-0.39, 0.29) is 10.8 Å². The monoisotopic (exact) mass is 471 g/mol. The summed E-state index contributed by atoms with van der Waals surface area (Å²) in [6, 6.07) is 7.47. The lowest BCUT2D eigenvalue weighted by Gasteiger charge is -2.30. The molecule has 0 spiro atoms. The van der Waals surface area contributed by atoms with Crippen LogP contribution in [0.2, 0.25) is 0 Å². The molecule has 2 amide bonds. The number of halogens is 1. The Morgan fingerprint density at radius 2 is 1.93 bits per heavy atom. The lowest BCUT2D eigenvalue weighted by Crippen LogP contribution is -2.46. The Morgan fingerprint density at radius 1 is 1.26 bits per heavy atom. The lowest BCUT2D eigenvalue weighted by atomic mass is 10.1. The van der Waals surface area contributed by atoms with E-state index in [1.165, 1.54) is 13.1 Å². The van der Waals surface area contributed by atoms with Crippen LogP contribution in [-0.2, 0) is 14.8 Å². The summed E-state index contributed by atoms with van der Waals surface area (Å²) in [5.74, 6) is -0.751. The van der Waals surface area contributed by atoms with Gasteiger partial charge >= 0.3 is 0 Å². The SMILES string of the molecule is CC(=O)N1CCC(S(=O)(=O)NC(=O)c2cnc(-c3ccccc3Br)s2)CC1. The minimum absolute atomic E-state index is 0.0702. The zero-order valence-electron chi connectivity index (χ0n) is 14.5. The summed E-state index contributed by atoms with van der Waals surface area (Å²) in [4.78, 5) is 29.8. The average molecular weight is 472 g/mol. The van der Waals surface area contributed by atoms with Crippen molar-refractivity contribution in [3.63, 3.8) is 0 Å². The van der Waals surface area contributed by atoms with Crippen LogP contribution in [0.5, 0.6) is 0 Å². The number of likely N-dealkylation sites (tertiary alicyclic amines) is 1. The highest BCUT2D eigenvalue weighted by atomic mass is 79.9. The summed E-state index contributed by atoms with van der Waals surface area (Å²) in [6.07, 6.45) is 2.00. The highest BCUT2D eigenvalue weighted by molar-refractivity contribution is 9.10. The molecule has 144 valence electrons. The molecule has 1 aliphatic rings. The van der Waals surface area contributed by atoms with Crippen molar-refractivity contribution in [2.24, 2.45) is 0 Å². The van der Waals surface area contributed by atoms with E-state index in [9.17, 15) is 18.0 Å². The topological polar surface area (TPSA) is 96.4 Å². The molecule has 0 radical (unpaired) electrons. The molecule has 0 saturated carbocycles. The Hall–Kier alpha value is -1.78. The van der Waals surface area contributed by atoms with Gasteiger partial charge in [-0.15, -0.1) is 11.3 Å². The van der Waals surface area contributed by atoms with E-state index in [0.29, 0.717) is 30.9 Å². The van der Waals surface area contributed by atoms with Crippen LogP contribution < -0.4 is 4.72 Å². The van der Waals surface area contributed by atoms with Crippen LogP contribution in [0, 0.1) is 0 Å². The quantitative estimate of drug-likeness (QED) is 0.738. The first-order valence-electron chi connectivity index (χ1n) is 8.30. The average Bonchev–Trinajstić information content (AvgIpc) is 3.12. The van der Waals surface area contributed by atoms with Crippen molar-refractivity contribution in [2.75, 3.05) is 13.1 Å². The van der Waals surface area contributed by atoms with Crippen molar-refractivity contribution in [3.05, 3.63) is 39.8 Å². The molecule has 1 saturated heterocycles. The maximum Gasteiger partial charge on any atom is 0.276 e. The third kappa shape index (κ3) is 4.56. The fourth-order valence-electron chi connectivity index (χ4n) is 2.88. The molecule has 1 fully saturated rings. The first kappa shape index (κ1) is 20.0. The lowest BCUT2D eigenvalue weighted by molar-refractivity contribution is -0.129. The Morgan fingerprint density at radius 3 is 2.56 bits per heavy atom. The maximum absolute atomic E-state index is 12.5. The number of nitrogens with zero attached hydrogens (tertiary/aromatic N) is 2. The van der Waals surface area contributed by atoms with Crippen LogP contribution >= 0.6 is 27.3 Å². The smallest absolute Gasteiger partial charge is 0.276 e. The molecule has 0 atom stereocenters. The van der Waals surface area contributed by atoms with Crippen LogP contribution in [0.25, 0.3) is 10.6 Å². The van der Waals surface area contributed by atoms with E-state index in [2.05, 4.69) is 25.6 Å².